The molecular weight excluding hydrogens is 190 g/mol. The van der Waals surface area contributed by atoms with Crippen LogP contribution >= 0.6 is 0 Å². The van der Waals surface area contributed by atoms with Crippen LogP contribution in [0, 0.1) is 0 Å². The van der Waals surface area contributed by atoms with Gasteiger partial charge >= 0.3 is 0 Å². The van der Waals surface area contributed by atoms with Crippen molar-refractivity contribution in [2.45, 2.75) is 26.3 Å². The number of hydrazine groups is 2. The molecule has 0 aromatic carbocycles. The van der Waals surface area contributed by atoms with Gasteiger partial charge in [0.25, 0.3) is 0 Å². The standard InChI is InChI=1S/C10H23N5/c1-9(2)12-5-4-6-15-8-10(7-11-3)13-14-15/h8-9,11-14H,4-7H2,1-3H3. The van der Waals surface area contributed by atoms with Crippen LogP contribution in [0.15, 0.2) is 11.9 Å². The van der Waals surface area contributed by atoms with E-state index in [0.29, 0.717) is 6.04 Å². The van der Waals surface area contributed by atoms with Gasteiger partial charge in [0, 0.05) is 25.3 Å². The normalized spacial score (nSPS) is 15.7. The maximum absolute atomic E-state index is 3.40. The van der Waals surface area contributed by atoms with Crippen molar-refractivity contribution in [3.8, 4) is 0 Å². The Morgan fingerprint density at radius 3 is 2.93 bits per heavy atom. The Morgan fingerprint density at radius 1 is 1.47 bits per heavy atom. The third kappa shape index (κ3) is 5.01. The number of rotatable bonds is 7. The molecule has 0 aliphatic carbocycles. The van der Waals surface area contributed by atoms with Crippen molar-refractivity contribution >= 4 is 0 Å². The number of nitrogens with zero attached hydrogens (tertiary/aromatic N) is 1. The Morgan fingerprint density at radius 2 is 2.27 bits per heavy atom. The molecule has 0 spiro atoms. The summed E-state index contributed by atoms with van der Waals surface area (Å²) in [5.41, 5.74) is 7.39. The molecule has 1 aliphatic rings. The van der Waals surface area contributed by atoms with Crippen LogP contribution in [0.2, 0.25) is 0 Å². The smallest absolute Gasteiger partial charge is 0.0591 e. The van der Waals surface area contributed by atoms with Crippen molar-refractivity contribution in [2.24, 2.45) is 0 Å². The second-order valence-electron chi connectivity index (χ2n) is 4.08. The summed E-state index contributed by atoms with van der Waals surface area (Å²) in [7, 11) is 1.94. The molecule has 0 atom stereocenters. The summed E-state index contributed by atoms with van der Waals surface area (Å²) in [5.74, 6) is 0. The first-order valence-electron chi connectivity index (χ1n) is 5.59. The van der Waals surface area contributed by atoms with Crippen LogP contribution in [0.5, 0.6) is 0 Å². The summed E-state index contributed by atoms with van der Waals surface area (Å²) < 4.78 is 0. The van der Waals surface area contributed by atoms with Crippen LogP contribution in [0.25, 0.3) is 0 Å². The van der Waals surface area contributed by atoms with E-state index >= 15 is 0 Å². The molecule has 0 amide bonds. The number of nitrogens with one attached hydrogen (secondary N) is 4. The molecule has 0 aromatic rings. The van der Waals surface area contributed by atoms with E-state index in [4.69, 9.17) is 0 Å². The fourth-order valence-corrected chi connectivity index (χ4v) is 1.44. The molecular formula is C10H23N5. The van der Waals surface area contributed by atoms with Crippen molar-refractivity contribution in [3.05, 3.63) is 11.9 Å². The first kappa shape index (κ1) is 12.3. The largest absolute Gasteiger partial charge is 0.314 e. The molecule has 5 nitrogen and oxygen atoms in total. The minimum atomic E-state index is 0.574. The van der Waals surface area contributed by atoms with Gasteiger partial charge in [0.15, 0.2) is 0 Å². The van der Waals surface area contributed by atoms with Crippen molar-refractivity contribution in [3.63, 3.8) is 0 Å². The summed E-state index contributed by atoms with van der Waals surface area (Å²) >= 11 is 0. The predicted octanol–water partition coefficient (Wildman–Crippen LogP) is -0.240. The van der Waals surface area contributed by atoms with Gasteiger partial charge in [0.2, 0.25) is 0 Å². The van der Waals surface area contributed by atoms with E-state index < -0.39 is 0 Å². The Balaban J connectivity index is 2.08. The van der Waals surface area contributed by atoms with Gasteiger partial charge in [-0.25, -0.2) is 0 Å². The van der Waals surface area contributed by atoms with Gasteiger partial charge in [0.1, 0.15) is 0 Å². The highest BCUT2D eigenvalue weighted by Crippen LogP contribution is 1.98. The highest BCUT2D eigenvalue weighted by molar-refractivity contribution is 5.03. The molecule has 0 saturated carbocycles. The first-order chi connectivity index (χ1) is 7.22. The van der Waals surface area contributed by atoms with E-state index in [1.165, 1.54) is 5.70 Å². The SMILES string of the molecule is CNCC1=CN(CCCNC(C)C)NN1. The topological polar surface area (TPSA) is 51.4 Å². The summed E-state index contributed by atoms with van der Waals surface area (Å²) in [6.07, 6.45) is 3.24. The summed E-state index contributed by atoms with van der Waals surface area (Å²) in [6.45, 7) is 7.28. The average Bonchev–Trinajstić information content (AvgIpc) is 2.61. The highest BCUT2D eigenvalue weighted by atomic mass is 15.7. The molecule has 0 bridgehead atoms. The molecule has 1 heterocycles. The Bertz CT molecular complexity index is 202. The molecule has 15 heavy (non-hydrogen) atoms. The first-order valence-corrected chi connectivity index (χ1v) is 5.59. The Hall–Kier alpha value is -0.780. The van der Waals surface area contributed by atoms with Gasteiger partial charge in [-0.2, -0.15) is 0 Å². The molecule has 4 N–H and O–H groups in total. The monoisotopic (exact) mass is 213 g/mol. The van der Waals surface area contributed by atoms with Gasteiger partial charge in [-0.3, -0.25) is 5.01 Å². The second kappa shape index (κ2) is 6.66. The van der Waals surface area contributed by atoms with Gasteiger partial charge in [-0.1, -0.05) is 13.8 Å². The predicted molar refractivity (Wildman–Crippen MR) is 62.7 cm³/mol. The van der Waals surface area contributed by atoms with E-state index in [1.807, 2.05) is 7.05 Å². The van der Waals surface area contributed by atoms with E-state index in [0.717, 1.165) is 26.1 Å². The maximum Gasteiger partial charge on any atom is 0.0591 e. The summed E-state index contributed by atoms with van der Waals surface area (Å²) in [5, 5.41) is 8.58. The van der Waals surface area contributed by atoms with Crippen LogP contribution in [0.4, 0.5) is 0 Å². The van der Waals surface area contributed by atoms with Crippen molar-refractivity contribution in [2.75, 3.05) is 26.7 Å². The zero-order chi connectivity index (χ0) is 11.1. The second-order valence-corrected chi connectivity index (χ2v) is 4.08. The Kier molecular flexibility index (Phi) is 5.45. The van der Waals surface area contributed by atoms with Crippen LogP contribution < -0.4 is 21.6 Å². The molecule has 1 aliphatic heterocycles. The zero-order valence-corrected chi connectivity index (χ0v) is 9.93. The average molecular weight is 213 g/mol. The lowest BCUT2D eigenvalue weighted by molar-refractivity contribution is 0.265. The molecule has 0 saturated heterocycles. The van der Waals surface area contributed by atoms with Gasteiger partial charge in [0.05, 0.1) is 5.70 Å². The van der Waals surface area contributed by atoms with E-state index in [2.05, 4.69) is 46.7 Å². The summed E-state index contributed by atoms with van der Waals surface area (Å²) in [6, 6.07) is 0.574. The van der Waals surface area contributed by atoms with E-state index in [-0.39, 0.29) is 0 Å². The lowest BCUT2D eigenvalue weighted by Gasteiger charge is -2.15. The molecule has 0 unspecified atom stereocenters. The molecule has 0 aromatic heterocycles. The van der Waals surface area contributed by atoms with Crippen LogP contribution in [0.3, 0.4) is 0 Å². The van der Waals surface area contributed by atoms with Crippen molar-refractivity contribution in [1.82, 2.24) is 26.6 Å². The molecule has 88 valence electrons. The third-order valence-corrected chi connectivity index (χ3v) is 2.17. The number of hydrogen-bond donors (Lipinski definition) is 4. The lowest BCUT2D eigenvalue weighted by atomic mass is 10.3. The van der Waals surface area contributed by atoms with Gasteiger partial charge in [-0.05, 0) is 20.0 Å². The van der Waals surface area contributed by atoms with Gasteiger partial charge in [-0.15, -0.1) is 5.53 Å². The van der Waals surface area contributed by atoms with Crippen LogP contribution in [-0.2, 0) is 0 Å². The fraction of sp³-hybridized carbons (Fsp3) is 0.800. The number of likely N-dealkylation sites (N-methyl/N-ethyl adjacent to an activating group) is 1. The maximum atomic E-state index is 3.40. The fourth-order valence-electron chi connectivity index (χ4n) is 1.44. The molecule has 0 fully saturated rings. The minimum absolute atomic E-state index is 0.574. The van der Waals surface area contributed by atoms with E-state index in [9.17, 15) is 0 Å². The van der Waals surface area contributed by atoms with E-state index in [1.54, 1.807) is 0 Å². The number of hydrogen-bond acceptors (Lipinski definition) is 5. The molecule has 1 rings (SSSR count). The quantitative estimate of drug-likeness (QED) is 0.440. The van der Waals surface area contributed by atoms with Crippen LogP contribution in [-0.4, -0.2) is 37.7 Å². The Labute approximate surface area is 92.2 Å². The molecule has 0 radical (unpaired) electrons. The zero-order valence-electron chi connectivity index (χ0n) is 9.93. The van der Waals surface area contributed by atoms with Crippen LogP contribution in [0.1, 0.15) is 20.3 Å². The molecule has 5 heteroatoms. The van der Waals surface area contributed by atoms with Gasteiger partial charge < -0.3 is 16.1 Å². The highest BCUT2D eigenvalue weighted by Gasteiger charge is 2.08. The minimum Gasteiger partial charge on any atom is -0.314 e. The third-order valence-electron chi connectivity index (χ3n) is 2.17. The lowest BCUT2D eigenvalue weighted by Crippen LogP contribution is -2.38. The van der Waals surface area contributed by atoms with Crippen molar-refractivity contribution in [1.29, 1.82) is 0 Å². The van der Waals surface area contributed by atoms with Crippen molar-refractivity contribution < 1.29 is 0 Å². The summed E-state index contributed by atoms with van der Waals surface area (Å²) in [4.78, 5) is 0.